The summed E-state index contributed by atoms with van der Waals surface area (Å²) < 4.78 is 16.5. The first-order chi connectivity index (χ1) is 27.9. The van der Waals surface area contributed by atoms with E-state index in [1.54, 1.807) is 0 Å². The van der Waals surface area contributed by atoms with Crippen LogP contribution in [0.5, 0.6) is 0 Å². The molecule has 4 saturated heterocycles. The Morgan fingerprint density at radius 2 is 1.28 bits per heavy atom. The number of benzene rings is 2. The van der Waals surface area contributed by atoms with Crippen LogP contribution in [0, 0.1) is 29.1 Å². The van der Waals surface area contributed by atoms with E-state index in [1.165, 1.54) is 7.11 Å². The van der Waals surface area contributed by atoms with E-state index in [0.717, 1.165) is 77.6 Å². The molecule has 3 N–H and O–H groups in total. The topological polar surface area (TPSA) is 155 Å². The maximum Gasteiger partial charge on any atom is 0.407 e. The standard InChI is InChI=1S/C45H57N7O6.7H2S/c1-26(2)28(5)42(53)51-24-45(16-7-17-57-25-45)19-37(51)41-47-21-35(49-41)32-14-10-30(11-15-32)29-8-12-31(13-9-29)34-20-46-40(48-34)36-18-33-22-58-23-38(33)52(36)43(54)39(27(3)4)50-44(55)56-6;;;;;;;/h8-15,20-21,26-28,33,36-39H,7,16-19,22-25H2,1-6H3,(H,46,48)(H,47,49)(H,50,55);7*1H2/t28-,33+,36-,37-,38-,39-,45-;;;;;;;/m0......./s1. The number of imidazole rings is 2. The predicted molar refractivity (Wildman–Crippen MR) is 292 cm³/mol. The highest BCUT2D eigenvalue weighted by Gasteiger charge is 2.51. The third kappa shape index (κ3) is 12.6. The van der Waals surface area contributed by atoms with Crippen LogP contribution in [0.15, 0.2) is 60.9 Å². The van der Waals surface area contributed by atoms with Crippen LogP contribution in [0.4, 0.5) is 4.79 Å². The Balaban J connectivity index is 0.00000302. The number of carbonyl (C=O) groups excluding carboxylic acids is 3. The van der Waals surface area contributed by atoms with Crippen molar-refractivity contribution in [1.29, 1.82) is 0 Å². The second kappa shape index (κ2) is 25.7. The van der Waals surface area contributed by atoms with Gasteiger partial charge in [0, 0.05) is 30.4 Å². The van der Waals surface area contributed by atoms with E-state index in [4.69, 9.17) is 24.2 Å². The Morgan fingerprint density at radius 1 is 0.738 bits per heavy atom. The van der Waals surface area contributed by atoms with E-state index in [-0.39, 0.29) is 153 Å². The second-order valence-corrected chi connectivity index (χ2v) is 17.6. The molecule has 8 rings (SSSR count). The average molecular weight is 1030 g/mol. The molecule has 4 fully saturated rings. The molecule has 0 radical (unpaired) electrons. The number of fused-ring (bicyclic) bond motifs is 1. The number of rotatable bonds is 10. The second-order valence-electron chi connectivity index (χ2n) is 17.6. The number of hydrogen-bond donors (Lipinski definition) is 3. The number of aromatic amines is 2. The lowest BCUT2D eigenvalue weighted by molar-refractivity contribution is -0.139. The van der Waals surface area contributed by atoms with Crippen molar-refractivity contribution < 1.29 is 28.6 Å². The maximum atomic E-state index is 14.0. The molecule has 0 bridgehead atoms. The summed E-state index contributed by atoms with van der Waals surface area (Å²) in [6.07, 6.45) is 6.76. The largest absolute Gasteiger partial charge is 0.453 e. The number of carbonyl (C=O) groups is 3. The molecule has 20 heteroatoms. The van der Waals surface area contributed by atoms with Crippen molar-refractivity contribution >= 4 is 112 Å². The summed E-state index contributed by atoms with van der Waals surface area (Å²) in [5.41, 5.74) is 5.96. The van der Waals surface area contributed by atoms with Crippen molar-refractivity contribution in [2.75, 3.05) is 40.1 Å². The number of amides is 3. The Labute approximate surface area is 433 Å². The zero-order chi connectivity index (χ0) is 40.7. The van der Waals surface area contributed by atoms with Gasteiger partial charge in [-0.25, -0.2) is 14.8 Å². The molecule has 0 unspecified atom stereocenters. The summed E-state index contributed by atoms with van der Waals surface area (Å²) in [5, 5.41) is 2.74. The fraction of sp³-hybridized carbons (Fsp3) is 0.533. The Kier molecular flexibility index (Phi) is 23.9. The van der Waals surface area contributed by atoms with Gasteiger partial charge in [-0.15, -0.1) is 0 Å². The SMILES string of the molecule is COC(=O)N[C@H](C(=O)N1[C@H](c2ncc(-c3ccc(-c4ccc(-c5cnc([C@@H]6C[C@@]7(CCCOC7)CN6C(=O)[C@@H](C)C(C)C)[nH]5)cc4)cc3)[nH]2)C[C@@H]2COC[C@@H]21)C(C)C.S.S.S.S.S.S.S. The van der Waals surface area contributed by atoms with Gasteiger partial charge < -0.3 is 39.3 Å². The van der Waals surface area contributed by atoms with Gasteiger partial charge in [-0.2, -0.15) is 94.5 Å². The first-order valence-electron chi connectivity index (χ1n) is 20.9. The minimum atomic E-state index is -0.731. The van der Waals surface area contributed by atoms with Crippen LogP contribution >= 0.6 is 94.5 Å². The van der Waals surface area contributed by atoms with E-state index >= 15 is 0 Å². The third-order valence-corrected chi connectivity index (χ3v) is 13.2. The Hall–Kier alpha value is -2.56. The predicted octanol–water partition coefficient (Wildman–Crippen LogP) is 7.95. The summed E-state index contributed by atoms with van der Waals surface area (Å²) in [7, 11) is 1.30. The van der Waals surface area contributed by atoms with Crippen molar-refractivity contribution in [2.45, 2.75) is 84.5 Å². The van der Waals surface area contributed by atoms with Gasteiger partial charge in [0.05, 0.1) is 68.8 Å². The molecule has 65 heavy (non-hydrogen) atoms. The molecule has 0 aliphatic carbocycles. The van der Waals surface area contributed by atoms with Gasteiger partial charge in [0.2, 0.25) is 11.8 Å². The molecular formula is C45H71N7O6S7. The van der Waals surface area contributed by atoms with Crippen molar-refractivity contribution in [1.82, 2.24) is 35.1 Å². The maximum absolute atomic E-state index is 14.0. The number of ether oxygens (including phenoxy) is 3. The lowest BCUT2D eigenvalue weighted by Gasteiger charge is -2.33. The first kappa shape index (κ1) is 60.5. The summed E-state index contributed by atoms with van der Waals surface area (Å²) in [5.74, 6) is 1.86. The van der Waals surface area contributed by atoms with Crippen molar-refractivity contribution in [3.8, 4) is 33.6 Å². The summed E-state index contributed by atoms with van der Waals surface area (Å²) in [4.78, 5) is 60.6. The molecule has 364 valence electrons. The lowest BCUT2D eigenvalue weighted by Crippen LogP contribution is -2.53. The van der Waals surface area contributed by atoms with Gasteiger partial charge >= 0.3 is 6.09 Å². The normalized spacial score (nSPS) is 22.6. The van der Waals surface area contributed by atoms with Gasteiger partial charge in [-0.3, -0.25) is 9.59 Å². The first-order valence-corrected chi connectivity index (χ1v) is 20.9. The molecule has 6 heterocycles. The van der Waals surface area contributed by atoms with Crippen molar-refractivity contribution in [3.63, 3.8) is 0 Å². The quantitative estimate of drug-likeness (QED) is 0.145. The fourth-order valence-corrected chi connectivity index (χ4v) is 9.44. The third-order valence-electron chi connectivity index (χ3n) is 13.2. The molecule has 3 amide bonds. The molecule has 4 aliphatic rings. The van der Waals surface area contributed by atoms with E-state index in [0.29, 0.717) is 26.4 Å². The summed E-state index contributed by atoms with van der Waals surface area (Å²) in [6.45, 7) is 13.3. The van der Waals surface area contributed by atoms with Crippen LogP contribution in [0.3, 0.4) is 0 Å². The van der Waals surface area contributed by atoms with Crippen LogP contribution in [-0.4, -0.2) is 99.8 Å². The smallest absolute Gasteiger partial charge is 0.407 e. The van der Waals surface area contributed by atoms with Gasteiger partial charge in [0.25, 0.3) is 0 Å². The lowest BCUT2D eigenvalue weighted by atomic mass is 9.80. The summed E-state index contributed by atoms with van der Waals surface area (Å²) >= 11 is 0. The molecular weight excluding hydrogens is 959 g/mol. The molecule has 7 atom stereocenters. The van der Waals surface area contributed by atoms with E-state index in [2.05, 4.69) is 82.6 Å². The number of likely N-dealkylation sites (tertiary alicyclic amines) is 2. The number of nitrogens with one attached hydrogen (secondary N) is 3. The van der Waals surface area contributed by atoms with Crippen LogP contribution in [0.1, 0.15) is 84.0 Å². The number of aromatic nitrogens is 4. The van der Waals surface area contributed by atoms with Crippen molar-refractivity contribution in [3.05, 3.63) is 72.6 Å². The van der Waals surface area contributed by atoms with Crippen LogP contribution < -0.4 is 5.32 Å². The zero-order valence-corrected chi connectivity index (χ0v) is 45.0. The minimum absolute atomic E-state index is 0. The number of H-pyrrole nitrogens is 2. The van der Waals surface area contributed by atoms with Gasteiger partial charge in [0.1, 0.15) is 17.7 Å². The molecule has 2 aromatic carbocycles. The van der Waals surface area contributed by atoms with Gasteiger partial charge in [-0.1, -0.05) is 83.1 Å². The van der Waals surface area contributed by atoms with E-state index in [1.807, 2.05) is 38.1 Å². The van der Waals surface area contributed by atoms with Gasteiger partial charge in [0.15, 0.2) is 0 Å². The number of methoxy groups -OCH3 is 1. The van der Waals surface area contributed by atoms with Crippen molar-refractivity contribution in [2.24, 2.45) is 29.1 Å². The van der Waals surface area contributed by atoms with Crippen LogP contribution in [0.2, 0.25) is 0 Å². The number of alkyl carbamates (subject to hydrolysis) is 1. The average Bonchev–Trinajstić information content (AvgIpc) is 4.08. The number of nitrogens with zero attached hydrogens (tertiary/aromatic N) is 4. The minimum Gasteiger partial charge on any atom is -0.453 e. The molecule has 1 spiro atoms. The Morgan fingerprint density at radius 3 is 1.77 bits per heavy atom. The monoisotopic (exact) mass is 1030 g/mol. The van der Waals surface area contributed by atoms with E-state index in [9.17, 15) is 14.4 Å². The highest BCUT2D eigenvalue weighted by atomic mass is 32.1. The molecule has 4 aromatic rings. The highest BCUT2D eigenvalue weighted by Crippen LogP contribution is 2.48. The number of hydrogen-bond acceptors (Lipinski definition) is 8. The fourth-order valence-electron chi connectivity index (χ4n) is 9.44. The van der Waals surface area contributed by atoms with E-state index < -0.39 is 12.1 Å². The zero-order valence-electron chi connectivity index (χ0n) is 38.0. The highest BCUT2D eigenvalue weighted by molar-refractivity contribution is 7.60. The molecule has 13 nitrogen and oxygen atoms in total. The van der Waals surface area contributed by atoms with Crippen LogP contribution in [0.25, 0.3) is 33.6 Å². The molecule has 0 saturated carbocycles. The Bertz CT molecular complexity index is 2120. The van der Waals surface area contributed by atoms with Gasteiger partial charge in [-0.05, 0) is 59.8 Å². The van der Waals surface area contributed by atoms with Crippen LogP contribution in [-0.2, 0) is 23.8 Å². The summed E-state index contributed by atoms with van der Waals surface area (Å²) in [6, 6.07) is 15.6. The molecule has 4 aliphatic heterocycles. The molecule has 2 aromatic heterocycles.